The van der Waals surface area contributed by atoms with Gasteiger partial charge in [0.05, 0.1) is 0 Å². The van der Waals surface area contributed by atoms with E-state index in [1.807, 2.05) is 72.8 Å². The highest BCUT2D eigenvalue weighted by atomic mass is 16.5. The van der Waals surface area contributed by atoms with Crippen molar-refractivity contribution in [1.82, 2.24) is 0 Å². The number of hydrogen-bond acceptors (Lipinski definition) is 4. The summed E-state index contributed by atoms with van der Waals surface area (Å²) in [5.74, 6) is 19.1. The van der Waals surface area contributed by atoms with Gasteiger partial charge < -0.3 is 19.1 Å². The predicted molar refractivity (Wildman–Crippen MR) is 208 cm³/mol. The molecule has 0 bridgehead atoms. The third-order valence-electron chi connectivity index (χ3n) is 7.71. The zero-order valence-corrected chi connectivity index (χ0v) is 27.8. The van der Waals surface area contributed by atoms with Crippen LogP contribution in [0.15, 0.2) is 127 Å². The number of nitrogens with zero attached hydrogens (tertiary/aromatic N) is 1. The Kier molecular flexibility index (Phi) is 10.0. The third kappa shape index (κ3) is 7.94. The van der Waals surface area contributed by atoms with Gasteiger partial charge in [-0.1, -0.05) is 35.5 Å². The maximum Gasteiger partial charge on any atom is 0.129 e. The Labute approximate surface area is 304 Å². The van der Waals surface area contributed by atoms with Crippen molar-refractivity contribution in [3.63, 3.8) is 0 Å². The average Bonchev–Trinajstić information content (AvgIpc) is 3.19. The largest absolute Gasteiger partial charge is 0.457 e. The first-order chi connectivity index (χ1) is 25.4. The minimum absolute atomic E-state index is 0.545. The van der Waals surface area contributed by atoms with Crippen LogP contribution in [0.2, 0.25) is 0 Å². The Hall–Kier alpha value is -8.12. The summed E-state index contributed by atoms with van der Waals surface area (Å²) in [5.41, 5.74) is 6.37. The van der Waals surface area contributed by atoms with E-state index in [2.05, 4.69) is 40.4 Å². The van der Waals surface area contributed by atoms with E-state index < -0.39 is 0 Å². The average molecular weight is 666 g/mol. The van der Waals surface area contributed by atoms with Gasteiger partial charge in [0.2, 0.25) is 0 Å². The van der Waals surface area contributed by atoms with Crippen LogP contribution in [-0.2, 0) is 0 Å². The minimum Gasteiger partial charge on any atom is -0.457 e. The molecular weight excluding hydrogens is 639 g/mol. The molecule has 0 aromatic heterocycles. The van der Waals surface area contributed by atoms with Gasteiger partial charge in [0, 0.05) is 50.4 Å². The quantitative estimate of drug-likeness (QED) is 0.144. The molecule has 0 aliphatic rings. The van der Waals surface area contributed by atoms with Crippen LogP contribution < -0.4 is 19.1 Å². The molecule has 0 fully saturated rings. The van der Waals surface area contributed by atoms with Crippen LogP contribution in [0.4, 0.5) is 17.1 Å². The summed E-state index contributed by atoms with van der Waals surface area (Å²) in [6.45, 7) is 0. The Morgan fingerprint density at radius 3 is 0.692 bits per heavy atom. The molecule has 4 nitrogen and oxygen atoms in total. The van der Waals surface area contributed by atoms with E-state index in [-0.39, 0.29) is 0 Å². The Bertz CT molecular complexity index is 2150. The van der Waals surface area contributed by atoms with Gasteiger partial charge in [-0.25, -0.2) is 0 Å². The topological polar surface area (TPSA) is 30.9 Å². The van der Waals surface area contributed by atoms with Crippen molar-refractivity contribution < 1.29 is 14.2 Å². The number of ether oxygens (including phenoxy) is 3. The van der Waals surface area contributed by atoms with Crippen molar-refractivity contribution >= 4 is 17.1 Å². The second-order valence-electron chi connectivity index (χ2n) is 11.2. The predicted octanol–water partition coefficient (Wildman–Crippen LogP) is 10.4. The molecule has 0 unspecified atom stereocenters. The van der Waals surface area contributed by atoms with E-state index >= 15 is 0 Å². The molecule has 0 aliphatic heterocycles. The molecule has 0 radical (unpaired) electrons. The van der Waals surface area contributed by atoms with E-state index in [9.17, 15) is 0 Å². The zero-order valence-electron chi connectivity index (χ0n) is 27.8. The van der Waals surface area contributed by atoms with Crippen molar-refractivity contribution in [2.75, 3.05) is 4.90 Å². The number of hydrogen-bond donors (Lipinski definition) is 0. The molecule has 242 valence electrons. The second kappa shape index (κ2) is 15.4. The fourth-order valence-corrected chi connectivity index (χ4v) is 5.32. The van der Waals surface area contributed by atoms with Crippen molar-refractivity contribution in [2.24, 2.45) is 0 Å². The summed E-state index contributed by atoms with van der Waals surface area (Å²) >= 11 is 0. The highest BCUT2D eigenvalue weighted by Gasteiger charge is 2.15. The maximum atomic E-state index is 6.13. The molecule has 4 heteroatoms. The van der Waals surface area contributed by atoms with Crippen molar-refractivity contribution in [2.45, 2.75) is 0 Å². The van der Waals surface area contributed by atoms with Crippen molar-refractivity contribution in [1.29, 1.82) is 0 Å². The molecule has 0 N–H and O–H groups in total. The molecule has 52 heavy (non-hydrogen) atoms. The summed E-state index contributed by atoms with van der Waals surface area (Å²) in [6.07, 6.45) is 33.7. The number of benzene rings is 6. The van der Waals surface area contributed by atoms with Gasteiger partial charge in [0.1, 0.15) is 34.5 Å². The van der Waals surface area contributed by atoms with Crippen LogP contribution in [0.5, 0.6) is 34.5 Å². The highest BCUT2D eigenvalue weighted by molar-refractivity contribution is 5.77. The molecule has 0 saturated carbocycles. The van der Waals surface area contributed by atoms with Crippen LogP contribution in [0.1, 0.15) is 33.4 Å². The van der Waals surface area contributed by atoms with Gasteiger partial charge in [0.15, 0.2) is 0 Å². The number of anilines is 3. The molecule has 0 heterocycles. The van der Waals surface area contributed by atoms with Gasteiger partial charge in [-0.3, -0.25) is 0 Å². The summed E-state index contributed by atoms with van der Waals surface area (Å²) in [6, 6.07) is 38.8. The van der Waals surface area contributed by atoms with E-state index in [0.29, 0.717) is 67.9 Å². The first kappa shape index (κ1) is 33.8. The van der Waals surface area contributed by atoms with Crippen molar-refractivity contribution in [3.8, 4) is 109 Å². The first-order valence-corrected chi connectivity index (χ1v) is 15.8. The third-order valence-corrected chi connectivity index (χ3v) is 7.71. The SMILES string of the molecule is C#Cc1cc(C#C)cc(Oc2ccc(N(c3ccc(Oc4cc(C#C)cc(C#C)c4)cc3)c3ccc(Oc4cc(C#C)cc(C#C)c4)cc3)cc2)c1. The summed E-state index contributed by atoms with van der Waals surface area (Å²) in [5, 5.41) is 0. The van der Waals surface area contributed by atoms with Crippen LogP contribution in [0.3, 0.4) is 0 Å². The zero-order chi connectivity index (χ0) is 36.5. The molecule has 0 aliphatic carbocycles. The number of rotatable bonds is 9. The van der Waals surface area contributed by atoms with Crippen molar-refractivity contribution in [3.05, 3.63) is 161 Å². The Morgan fingerprint density at radius 1 is 0.288 bits per heavy atom. The molecule has 0 saturated heterocycles. The fourth-order valence-electron chi connectivity index (χ4n) is 5.32. The monoisotopic (exact) mass is 665 g/mol. The second-order valence-corrected chi connectivity index (χ2v) is 11.2. The lowest BCUT2D eigenvalue weighted by Gasteiger charge is -2.26. The van der Waals surface area contributed by atoms with Gasteiger partial charge in [-0.15, -0.1) is 38.5 Å². The lowest BCUT2D eigenvalue weighted by molar-refractivity contribution is 0.482. The molecule has 0 spiro atoms. The standard InChI is InChI=1S/C48H27NO3/c1-7-34-25-35(8-2)29-46(28-34)50-43-19-13-40(14-20-43)49(41-15-21-44(22-16-41)51-47-30-36(9-3)26-37(10-4)31-47)42-17-23-45(24-18-42)52-48-32-38(11-5)27-39(12-6)33-48/h1-6,13-33H. The molecule has 6 aromatic rings. The van der Waals surface area contributed by atoms with E-state index in [0.717, 1.165) is 17.1 Å². The van der Waals surface area contributed by atoms with Gasteiger partial charge in [-0.2, -0.15) is 0 Å². The lowest BCUT2D eigenvalue weighted by Crippen LogP contribution is -2.09. The number of terminal acetylenes is 6. The van der Waals surface area contributed by atoms with E-state index in [1.165, 1.54) is 0 Å². The summed E-state index contributed by atoms with van der Waals surface area (Å²) in [4.78, 5) is 2.08. The summed E-state index contributed by atoms with van der Waals surface area (Å²) < 4.78 is 18.4. The van der Waals surface area contributed by atoms with Gasteiger partial charge >= 0.3 is 0 Å². The van der Waals surface area contributed by atoms with Crippen LogP contribution in [-0.4, -0.2) is 0 Å². The Morgan fingerprint density at radius 2 is 0.500 bits per heavy atom. The lowest BCUT2D eigenvalue weighted by atomic mass is 10.1. The van der Waals surface area contributed by atoms with E-state index in [1.54, 1.807) is 54.6 Å². The maximum absolute atomic E-state index is 6.13. The van der Waals surface area contributed by atoms with Crippen LogP contribution in [0, 0.1) is 74.1 Å². The molecular formula is C48H27NO3. The molecule has 0 atom stereocenters. The van der Waals surface area contributed by atoms with Crippen LogP contribution in [0.25, 0.3) is 0 Å². The van der Waals surface area contributed by atoms with Gasteiger partial charge in [0.25, 0.3) is 0 Å². The first-order valence-electron chi connectivity index (χ1n) is 15.8. The highest BCUT2D eigenvalue weighted by Crippen LogP contribution is 2.38. The van der Waals surface area contributed by atoms with Crippen LogP contribution >= 0.6 is 0 Å². The minimum atomic E-state index is 0.545. The summed E-state index contributed by atoms with van der Waals surface area (Å²) in [7, 11) is 0. The normalized spacial score (nSPS) is 9.81. The fraction of sp³-hybridized carbons (Fsp3) is 0. The Balaban J connectivity index is 1.31. The smallest absolute Gasteiger partial charge is 0.129 e. The molecule has 6 rings (SSSR count). The van der Waals surface area contributed by atoms with Gasteiger partial charge in [-0.05, 0) is 127 Å². The molecule has 6 aromatic carbocycles. The molecule has 0 amide bonds. The van der Waals surface area contributed by atoms with E-state index in [4.69, 9.17) is 52.8 Å².